The Kier molecular flexibility index (Phi) is 5.01. The first-order chi connectivity index (χ1) is 8.65. The molecule has 0 aromatic heterocycles. The van der Waals surface area contributed by atoms with Gasteiger partial charge in [0.25, 0.3) is 0 Å². The van der Waals surface area contributed by atoms with Gasteiger partial charge in [-0.25, -0.2) is 0 Å². The van der Waals surface area contributed by atoms with Crippen molar-refractivity contribution in [2.45, 2.75) is 56.8 Å². The van der Waals surface area contributed by atoms with Gasteiger partial charge in [-0.1, -0.05) is 0 Å². The van der Waals surface area contributed by atoms with Gasteiger partial charge in [-0.3, -0.25) is 0 Å². The van der Waals surface area contributed by atoms with Crippen molar-refractivity contribution in [2.24, 2.45) is 11.7 Å². The quantitative estimate of drug-likeness (QED) is 0.814. The number of hydrogen-bond acceptors (Lipinski definition) is 4. The van der Waals surface area contributed by atoms with E-state index in [0.29, 0.717) is 12.0 Å². The lowest BCUT2D eigenvalue weighted by Crippen LogP contribution is -2.45. The zero-order valence-electron chi connectivity index (χ0n) is 11.7. The third-order valence-corrected chi connectivity index (χ3v) is 4.51. The molecule has 0 radical (unpaired) electrons. The Bertz CT molecular complexity index is 253. The molecule has 106 valence electrons. The average molecular weight is 257 g/mol. The fourth-order valence-electron chi connectivity index (χ4n) is 3.08. The second-order valence-corrected chi connectivity index (χ2v) is 5.87. The molecule has 2 heterocycles. The van der Waals surface area contributed by atoms with Crippen molar-refractivity contribution in [1.29, 1.82) is 0 Å². The topological polar surface area (TPSA) is 53.7 Å². The predicted octanol–water partition coefficient (Wildman–Crippen LogP) is 1.71. The van der Waals surface area contributed by atoms with E-state index < -0.39 is 0 Å². The maximum absolute atomic E-state index is 6.35. The summed E-state index contributed by atoms with van der Waals surface area (Å²) in [4.78, 5) is 0. The van der Waals surface area contributed by atoms with Crippen LogP contribution in [0.5, 0.6) is 0 Å². The molecule has 0 aromatic rings. The summed E-state index contributed by atoms with van der Waals surface area (Å²) >= 11 is 0. The van der Waals surface area contributed by atoms with Gasteiger partial charge < -0.3 is 19.9 Å². The lowest BCUT2D eigenvalue weighted by molar-refractivity contribution is -0.102. The average Bonchev–Trinajstić information content (AvgIpc) is 2.83. The summed E-state index contributed by atoms with van der Waals surface area (Å²) in [5.41, 5.74) is 6.33. The van der Waals surface area contributed by atoms with E-state index in [4.69, 9.17) is 19.9 Å². The summed E-state index contributed by atoms with van der Waals surface area (Å²) in [6.07, 6.45) is 5.57. The second-order valence-electron chi connectivity index (χ2n) is 5.87. The molecule has 4 atom stereocenters. The van der Waals surface area contributed by atoms with Gasteiger partial charge in [0.05, 0.1) is 18.3 Å². The van der Waals surface area contributed by atoms with Crippen LogP contribution < -0.4 is 5.73 Å². The molecule has 2 aliphatic rings. The molecule has 2 saturated heterocycles. The highest BCUT2D eigenvalue weighted by Crippen LogP contribution is 2.37. The van der Waals surface area contributed by atoms with E-state index in [-0.39, 0.29) is 11.6 Å². The monoisotopic (exact) mass is 257 g/mol. The van der Waals surface area contributed by atoms with Gasteiger partial charge in [-0.05, 0) is 38.5 Å². The van der Waals surface area contributed by atoms with E-state index in [1.165, 1.54) is 0 Å². The fourth-order valence-corrected chi connectivity index (χ4v) is 3.08. The maximum atomic E-state index is 6.35. The minimum absolute atomic E-state index is 0.0204. The molecule has 0 aromatic carbocycles. The van der Waals surface area contributed by atoms with E-state index in [1.807, 2.05) is 0 Å². The number of nitrogens with two attached hydrogens (primary N) is 1. The molecule has 2 N–H and O–H groups in total. The fraction of sp³-hybridized carbons (Fsp3) is 1.00. The Morgan fingerprint density at radius 1 is 1.39 bits per heavy atom. The molecule has 18 heavy (non-hydrogen) atoms. The lowest BCUT2D eigenvalue weighted by atomic mass is 9.80. The molecular weight excluding hydrogens is 230 g/mol. The van der Waals surface area contributed by atoms with Crippen LogP contribution in [0.25, 0.3) is 0 Å². The van der Waals surface area contributed by atoms with E-state index >= 15 is 0 Å². The molecule has 4 heteroatoms. The Morgan fingerprint density at radius 3 is 2.89 bits per heavy atom. The standard InChI is InChI=1S/C14H27NO3/c1-11(16-2)3-4-13(15)12-5-7-18-14(9-12)6-8-17-10-14/h11-13H,3-10,15H2,1-2H3. The van der Waals surface area contributed by atoms with Crippen LogP contribution in [0.2, 0.25) is 0 Å². The van der Waals surface area contributed by atoms with E-state index in [9.17, 15) is 0 Å². The van der Waals surface area contributed by atoms with Crippen LogP contribution >= 0.6 is 0 Å². The Labute approximate surface area is 110 Å². The maximum Gasteiger partial charge on any atom is 0.0939 e. The molecule has 4 nitrogen and oxygen atoms in total. The predicted molar refractivity (Wildman–Crippen MR) is 70.5 cm³/mol. The molecule has 2 aliphatic heterocycles. The molecule has 4 unspecified atom stereocenters. The Morgan fingerprint density at radius 2 is 2.22 bits per heavy atom. The van der Waals surface area contributed by atoms with Crippen molar-refractivity contribution in [3.8, 4) is 0 Å². The normalized spacial score (nSPS) is 35.8. The van der Waals surface area contributed by atoms with Crippen molar-refractivity contribution >= 4 is 0 Å². The largest absolute Gasteiger partial charge is 0.382 e. The van der Waals surface area contributed by atoms with Crippen molar-refractivity contribution in [3.63, 3.8) is 0 Å². The number of rotatable bonds is 5. The highest BCUT2D eigenvalue weighted by Gasteiger charge is 2.42. The summed E-state index contributed by atoms with van der Waals surface area (Å²) in [6.45, 7) is 4.53. The minimum atomic E-state index is -0.0204. The van der Waals surface area contributed by atoms with Gasteiger partial charge in [0, 0.05) is 32.8 Å². The van der Waals surface area contributed by atoms with E-state index in [1.54, 1.807) is 7.11 Å². The first kappa shape index (κ1) is 14.3. The summed E-state index contributed by atoms with van der Waals surface area (Å²) in [5, 5.41) is 0. The first-order valence-electron chi connectivity index (χ1n) is 7.15. The summed E-state index contributed by atoms with van der Waals surface area (Å²) in [6, 6.07) is 0.268. The molecule has 0 saturated carbocycles. The number of ether oxygens (including phenoxy) is 3. The van der Waals surface area contributed by atoms with Crippen LogP contribution in [0, 0.1) is 5.92 Å². The molecule has 0 bridgehead atoms. The van der Waals surface area contributed by atoms with Crippen LogP contribution in [0.1, 0.15) is 39.0 Å². The Hall–Kier alpha value is -0.160. The highest BCUT2D eigenvalue weighted by atomic mass is 16.6. The zero-order valence-corrected chi connectivity index (χ0v) is 11.7. The third-order valence-electron chi connectivity index (χ3n) is 4.51. The van der Waals surface area contributed by atoms with E-state index in [2.05, 4.69) is 6.92 Å². The third kappa shape index (κ3) is 3.44. The number of methoxy groups -OCH3 is 1. The lowest BCUT2D eigenvalue weighted by Gasteiger charge is -2.39. The first-order valence-corrected chi connectivity index (χ1v) is 7.15. The second kappa shape index (κ2) is 6.33. The van der Waals surface area contributed by atoms with Gasteiger partial charge in [0.15, 0.2) is 0 Å². The van der Waals surface area contributed by atoms with Crippen molar-refractivity contribution < 1.29 is 14.2 Å². The van der Waals surface area contributed by atoms with Crippen LogP contribution in [-0.4, -0.2) is 44.7 Å². The minimum Gasteiger partial charge on any atom is -0.382 e. The molecule has 0 amide bonds. The van der Waals surface area contributed by atoms with Crippen molar-refractivity contribution in [3.05, 3.63) is 0 Å². The highest BCUT2D eigenvalue weighted by molar-refractivity contribution is 4.93. The molecular formula is C14H27NO3. The van der Waals surface area contributed by atoms with E-state index in [0.717, 1.165) is 51.9 Å². The molecule has 0 aliphatic carbocycles. The van der Waals surface area contributed by atoms with Crippen LogP contribution in [0.4, 0.5) is 0 Å². The Balaban J connectivity index is 1.80. The van der Waals surface area contributed by atoms with Crippen LogP contribution in [0.3, 0.4) is 0 Å². The SMILES string of the molecule is COC(C)CCC(N)C1CCOC2(CCOC2)C1. The number of hydrogen-bond donors (Lipinski definition) is 1. The summed E-state index contributed by atoms with van der Waals surface area (Å²) < 4.78 is 16.7. The zero-order chi connectivity index (χ0) is 13.0. The van der Waals surface area contributed by atoms with Gasteiger partial charge in [-0.15, -0.1) is 0 Å². The summed E-state index contributed by atoms with van der Waals surface area (Å²) in [5.74, 6) is 0.574. The summed E-state index contributed by atoms with van der Waals surface area (Å²) in [7, 11) is 1.76. The smallest absolute Gasteiger partial charge is 0.0939 e. The van der Waals surface area contributed by atoms with Gasteiger partial charge in [-0.2, -0.15) is 0 Å². The van der Waals surface area contributed by atoms with Crippen molar-refractivity contribution in [2.75, 3.05) is 26.9 Å². The van der Waals surface area contributed by atoms with Crippen LogP contribution in [0.15, 0.2) is 0 Å². The van der Waals surface area contributed by atoms with Gasteiger partial charge in [0.2, 0.25) is 0 Å². The van der Waals surface area contributed by atoms with Gasteiger partial charge >= 0.3 is 0 Å². The van der Waals surface area contributed by atoms with Gasteiger partial charge in [0.1, 0.15) is 0 Å². The van der Waals surface area contributed by atoms with Crippen molar-refractivity contribution in [1.82, 2.24) is 0 Å². The van der Waals surface area contributed by atoms with Crippen LogP contribution in [-0.2, 0) is 14.2 Å². The molecule has 1 spiro atoms. The molecule has 2 rings (SSSR count). The molecule has 2 fully saturated rings.